The highest BCUT2D eigenvalue weighted by Crippen LogP contribution is 2.38. The molecule has 1 aliphatic heterocycles. The zero-order chi connectivity index (χ0) is 26.8. The lowest BCUT2D eigenvalue weighted by Gasteiger charge is -2.32. The molecule has 9 heteroatoms. The van der Waals surface area contributed by atoms with Crippen LogP contribution in [0, 0.1) is 0 Å². The minimum atomic E-state index is -0.177. The molecule has 2 fully saturated rings. The molecular formula is C29H43N7O2. The Bertz CT molecular complexity index is 1190. The molecule has 0 radical (unpaired) electrons. The molecule has 5 rings (SSSR count). The zero-order valence-corrected chi connectivity index (χ0v) is 23.7. The van der Waals surface area contributed by atoms with E-state index < -0.39 is 0 Å². The summed E-state index contributed by atoms with van der Waals surface area (Å²) in [7, 11) is 6.30. The van der Waals surface area contributed by atoms with Gasteiger partial charge in [0.25, 0.3) is 0 Å². The molecule has 0 amide bonds. The van der Waals surface area contributed by atoms with Gasteiger partial charge in [-0.2, -0.15) is 0 Å². The molecule has 0 spiro atoms. The van der Waals surface area contributed by atoms with E-state index in [2.05, 4.69) is 94.0 Å². The van der Waals surface area contributed by atoms with Gasteiger partial charge in [-0.3, -0.25) is 0 Å². The Labute approximate surface area is 226 Å². The Balaban J connectivity index is 1.17. The van der Waals surface area contributed by atoms with E-state index in [0.29, 0.717) is 23.9 Å². The lowest BCUT2D eigenvalue weighted by molar-refractivity contribution is -0.0291. The smallest absolute Gasteiger partial charge is 0.173 e. The molecule has 3 heterocycles. The van der Waals surface area contributed by atoms with Gasteiger partial charge in [0.1, 0.15) is 23.4 Å². The van der Waals surface area contributed by atoms with E-state index >= 15 is 0 Å². The van der Waals surface area contributed by atoms with Crippen molar-refractivity contribution in [2.24, 2.45) is 7.05 Å². The van der Waals surface area contributed by atoms with Crippen LogP contribution in [0.4, 0.5) is 0 Å². The standard InChI is InChI=1S/C29H43N7O2/c1-19(2)22-8-7-9-25(16-22)38-20(3)28-31-32-29(35(28)6)21-10-12-23(13-11-21)36-17-26(30-33-36)27-15-14-24(18-37-27)34(4)5/h7-9,16-17,19-21,23-24,27H,10-15,18H2,1-6H3/t20?,21?,23?,24-,27+/m1/s1. The van der Waals surface area contributed by atoms with Crippen LogP contribution in [0.25, 0.3) is 0 Å². The normalized spacial score (nSPS) is 25.2. The van der Waals surface area contributed by atoms with E-state index in [-0.39, 0.29) is 12.2 Å². The van der Waals surface area contributed by atoms with Crippen molar-refractivity contribution >= 4 is 0 Å². The van der Waals surface area contributed by atoms with Crippen molar-refractivity contribution in [1.29, 1.82) is 0 Å². The lowest BCUT2D eigenvalue weighted by atomic mass is 9.85. The minimum Gasteiger partial charge on any atom is -0.483 e. The second-order valence-electron chi connectivity index (χ2n) is 11.6. The highest BCUT2D eigenvalue weighted by molar-refractivity contribution is 5.30. The maximum atomic E-state index is 6.26. The van der Waals surface area contributed by atoms with Crippen LogP contribution >= 0.6 is 0 Å². The Morgan fingerprint density at radius 2 is 1.79 bits per heavy atom. The fraction of sp³-hybridized carbons (Fsp3) is 0.655. The number of hydrogen-bond donors (Lipinski definition) is 0. The fourth-order valence-electron chi connectivity index (χ4n) is 5.86. The fourth-order valence-corrected chi connectivity index (χ4v) is 5.86. The van der Waals surface area contributed by atoms with Gasteiger partial charge in [0.15, 0.2) is 11.9 Å². The van der Waals surface area contributed by atoms with E-state index in [9.17, 15) is 0 Å². The predicted molar refractivity (Wildman–Crippen MR) is 146 cm³/mol. The Kier molecular flexibility index (Phi) is 8.14. The molecule has 9 nitrogen and oxygen atoms in total. The molecule has 1 aliphatic carbocycles. The molecule has 3 atom stereocenters. The van der Waals surface area contributed by atoms with Gasteiger partial charge < -0.3 is 18.9 Å². The van der Waals surface area contributed by atoms with Crippen molar-refractivity contribution < 1.29 is 9.47 Å². The summed E-state index contributed by atoms with van der Waals surface area (Å²) in [5.41, 5.74) is 2.24. The van der Waals surface area contributed by atoms with Crippen molar-refractivity contribution in [2.75, 3.05) is 20.7 Å². The van der Waals surface area contributed by atoms with E-state index in [1.807, 2.05) is 13.0 Å². The maximum Gasteiger partial charge on any atom is 0.173 e. The lowest BCUT2D eigenvalue weighted by Crippen LogP contribution is -2.36. The summed E-state index contributed by atoms with van der Waals surface area (Å²) in [4.78, 5) is 2.24. The molecular weight excluding hydrogens is 478 g/mol. The van der Waals surface area contributed by atoms with E-state index in [4.69, 9.17) is 9.47 Å². The van der Waals surface area contributed by atoms with Crippen LogP contribution in [0.2, 0.25) is 0 Å². The summed E-state index contributed by atoms with van der Waals surface area (Å²) < 4.78 is 16.6. The van der Waals surface area contributed by atoms with Gasteiger partial charge >= 0.3 is 0 Å². The molecule has 0 N–H and O–H groups in total. The monoisotopic (exact) mass is 521 g/mol. The number of benzene rings is 1. The molecule has 1 saturated carbocycles. The summed E-state index contributed by atoms with van der Waals surface area (Å²) in [5, 5.41) is 18.1. The van der Waals surface area contributed by atoms with Crippen molar-refractivity contribution in [1.82, 2.24) is 34.7 Å². The third-order valence-corrected chi connectivity index (χ3v) is 8.42. The van der Waals surface area contributed by atoms with Crippen LogP contribution in [-0.4, -0.2) is 61.4 Å². The Morgan fingerprint density at radius 3 is 2.47 bits per heavy atom. The van der Waals surface area contributed by atoms with E-state index in [1.165, 1.54) is 5.56 Å². The summed E-state index contributed by atoms with van der Waals surface area (Å²) in [6, 6.07) is 9.19. The third kappa shape index (κ3) is 5.78. The highest BCUT2D eigenvalue weighted by Gasteiger charge is 2.31. The summed E-state index contributed by atoms with van der Waals surface area (Å²) in [6.07, 6.45) is 8.34. The maximum absolute atomic E-state index is 6.26. The van der Waals surface area contributed by atoms with Gasteiger partial charge in [-0.15, -0.1) is 15.3 Å². The number of aromatic nitrogens is 6. The highest BCUT2D eigenvalue weighted by atomic mass is 16.5. The first kappa shape index (κ1) is 26.8. The first-order valence-electron chi connectivity index (χ1n) is 14.2. The molecule has 1 aromatic carbocycles. The summed E-state index contributed by atoms with van der Waals surface area (Å²) in [6.45, 7) is 7.19. The first-order valence-corrected chi connectivity index (χ1v) is 14.2. The zero-order valence-electron chi connectivity index (χ0n) is 23.7. The largest absolute Gasteiger partial charge is 0.483 e. The van der Waals surface area contributed by atoms with Gasteiger partial charge in [-0.05, 0) is 83.2 Å². The van der Waals surface area contributed by atoms with Crippen LogP contribution in [0.5, 0.6) is 5.75 Å². The second-order valence-corrected chi connectivity index (χ2v) is 11.6. The van der Waals surface area contributed by atoms with Crippen LogP contribution in [0.1, 0.15) is 112 Å². The molecule has 1 saturated heterocycles. The average molecular weight is 522 g/mol. The Hall–Kier alpha value is -2.78. The summed E-state index contributed by atoms with van der Waals surface area (Å²) >= 11 is 0. The quantitative estimate of drug-likeness (QED) is 0.395. The topological polar surface area (TPSA) is 83.1 Å². The predicted octanol–water partition coefficient (Wildman–Crippen LogP) is 5.35. The number of nitrogens with zero attached hydrogens (tertiary/aromatic N) is 7. The Morgan fingerprint density at radius 1 is 1.00 bits per heavy atom. The van der Waals surface area contributed by atoms with Crippen LogP contribution in [0.3, 0.4) is 0 Å². The molecule has 2 aliphatic rings. The molecule has 3 aromatic rings. The van der Waals surface area contributed by atoms with E-state index in [1.54, 1.807) is 0 Å². The van der Waals surface area contributed by atoms with Gasteiger partial charge in [0.05, 0.1) is 18.8 Å². The van der Waals surface area contributed by atoms with E-state index in [0.717, 1.165) is 68.2 Å². The molecule has 38 heavy (non-hydrogen) atoms. The van der Waals surface area contributed by atoms with Crippen molar-refractivity contribution in [3.63, 3.8) is 0 Å². The molecule has 206 valence electrons. The van der Waals surface area contributed by atoms with Gasteiger partial charge in [-0.1, -0.05) is 31.2 Å². The second kappa shape index (κ2) is 11.5. The molecule has 1 unspecified atom stereocenters. The number of ether oxygens (including phenoxy) is 2. The number of hydrogen-bond acceptors (Lipinski definition) is 7. The SMILES string of the molecule is CC(C)c1cccc(OC(C)c2nnc(C3CCC(n4cc([C@@H]5CC[C@@H](N(C)C)CO5)nn4)CC3)n2C)c1. The van der Waals surface area contributed by atoms with Crippen LogP contribution in [-0.2, 0) is 11.8 Å². The first-order chi connectivity index (χ1) is 18.3. The number of rotatable bonds is 8. The van der Waals surface area contributed by atoms with Crippen LogP contribution in [0.15, 0.2) is 30.5 Å². The molecule has 2 aromatic heterocycles. The molecule has 0 bridgehead atoms. The summed E-state index contributed by atoms with van der Waals surface area (Å²) in [5.74, 6) is 3.64. The van der Waals surface area contributed by atoms with Gasteiger partial charge in [-0.25, -0.2) is 4.68 Å². The van der Waals surface area contributed by atoms with Gasteiger partial charge in [0, 0.05) is 19.0 Å². The van der Waals surface area contributed by atoms with Crippen molar-refractivity contribution in [3.8, 4) is 5.75 Å². The average Bonchev–Trinajstić information content (AvgIpc) is 3.56. The minimum absolute atomic E-state index is 0.0606. The van der Waals surface area contributed by atoms with Crippen molar-refractivity contribution in [2.45, 2.75) is 95.4 Å². The van der Waals surface area contributed by atoms with Crippen LogP contribution < -0.4 is 4.74 Å². The number of likely N-dealkylation sites (N-methyl/N-ethyl adjacent to an activating group) is 1. The van der Waals surface area contributed by atoms with Crippen molar-refractivity contribution in [3.05, 3.63) is 53.4 Å². The third-order valence-electron chi connectivity index (χ3n) is 8.42. The van der Waals surface area contributed by atoms with Gasteiger partial charge in [0.2, 0.25) is 0 Å².